The van der Waals surface area contributed by atoms with Gasteiger partial charge in [-0.05, 0) is 85.1 Å². The molecule has 0 aromatic heterocycles. The van der Waals surface area contributed by atoms with Gasteiger partial charge in [0, 0.05) is 0 Å². The van der Waals surface area contributed by atoms with E-state index in [1.807, 2.05) is 50.2 Å². The van der Waals surface area contributed by atoms with Gasteiger partial charge < -0.3 is 20.1 Å². The minimum atomic E-state index is -0.527. The first-order valence-corrected chi connectivity index (χ1v) is 10.9. The molecule has 0 atom stereocenters. The van der Waals surface area contributed by atoms with E-state index in [4.69, 9.17) is 4.74 Å². The first kappa shape index (κ1) is 24.1. The molecule has 0 radical (unpaired) electrons. The van der Waals surface area contributed by atoms with Gasteiger partial charge in [-0.1, -0.05) is 44.2 Å². The van der Waals surface area contributed by atoms with Crippen LogP contribution in [-0.2, 0) is 19.8 Å². The molecular weight excluding hydrogens is 376 g/mol. The van der Waals surface area contributed by atoms with E-state index >= 15 is 0 Å². The van der Waals surface area contributed by atoms with Gasteiger partial charge in [0.05, 0.1) is 18.8 Å². The maximum Gasteiger partial charge on any atom is 0.120 e. The SMILES string of the molecule is CCC(O)(CC)CCC/C=C(/C)c1cccc(OCc2ccc(CO)c(CO)c2)c1. The number of allylic oxidation sites excluding steroid dienone is 2. The minimum Gasteiger partial charge on any atom is -0.489 e. The van der Waals surface area contributed by atoms with Crippen LogP contribution in [0, 0.1) is 0 Å². The first-order valence-electron chi connectivity index (χ1n) is 10.9. The number of rotatable bonds is 12. The maximum absolute atomic E-state index is 10.4. The molecule has 0 fully saturated rings. The third-order valence-electron chi connectivity index (χ3n) is 5.92. The van der Waals surface area contributed by atoms with Crippen molar-refractivity contribution in [2.45, 2.75) is 78.3 Å². The molecule has 2 aromatic carbocycles. The molecule has 4 nitrogen and oxygen atoms in total. The van der Waals surface area contributed by atoms with Crippen molar-refractivity contribution in [2.75, 3.05) is 0 Å². The second-order valence-corrected chi connectivity index (χ2v) is 7.95. The van der Waals surface area contributed by atoms with Crippen LogP contribution in [0.25, 0.3) is 5.57 Å². The number of unbranched alkanes of at least 4 members (excludes halogenated alkanes) is 1. The average Bonchev–Trinajstić information content (AvgIpc) is 2.80. The monoisotopic (exact) mass is 412 g/mol. The van der Waals surface area contributed by atoms with Gasteiger partial charge in [0.1, 0.15) is 12.4 Å². The van der Waals surface area contributed by atoms with E-state index in [1.54, 1.807) is 0 Å². The van der Waals surface area contributed by atoms with Crippen LogP contribution in [0.4, 0.5) is 0 Å². The van der Waals surface area contributed by atoms with Gasteiger partial charge in [0.25, 0.3) is 0 Å². The quantitative estimate of drug-likeness (QED) is 0.410. The Bertz CT molecular complexity index is 822. The van der Waals surface area contributed by atoms with Gasteiger partial charge in [-0.15, -0.1) is 0 Å². The Morgan fingerprint density at radius 1 is 1.00 bits per heavy atom. The summed E-state index contributed by atoms with van der Waals surface area (Å²) < 4.78 is 5.95. The summed E-state index contributed by atoms with van der Waals surface area (Å²) in [6, 6.07) is 13.6. The van der Waals surface area contributed by atoms with Crippen LogP contribution in [0.1, 0.15) is 75.1 Å². The number of ether oxygens (including phenoxy) is 1. The van der Waals surface area contributed by atoms with Gasteiger partial charge in [-0.25, -0.2) is 0 Å². The van der Waals surface area contributed by atoms with Gasteiger partial charge >= 0.3 is 0 Å². The maximum atomic E-state index is 10.4. The molecule has 0 bridgehead atoms. The van der Waals surface area contributed by atoms with Crippen LogP contribution >= 0.6 is 0 Å². The summed E-state index contributed by atoms with van der Waals surface area (Å²) in [5.74, 6) is 0.795. The van der Waals surface area contributed by atoms with Gasteiger partial charge in [-0.3, -0.25) is 0 Å². The number of benzene rings is 2. The van der Waals surface area contributed by atoms with E-state index in [1.165, 1.54) is 5.57 Å². The lowest BCUT2D eigenvalue weighted by atomic mass is 9.91. The van der Waals surface area contributed by atoms with E-state index < -0.39 is 5.60 Å². The summed E-state index contributed by atoms with van der Waals surface area (Å²) in [5, 5.41) is 29.2. The zero-order chi connectivity index (χ0) is 22.0. The molecule has 0 aliphatic heterocycles. The first-order chi connectivity index (χ1) is 14.4. The largest absolute Gasteiger partial charge is 0.489 e. The Kier molecular flexibility index (Phi) is 9.57. The third kappa shape index (κ3) is 6.98. The Labute approximate surface area is 180 Å². The summed E-state index contributed by atoms with van der Waals surface area (Å²) in [6.45, 7) is 6.41. The number of aliphatic hydroxyl groups excluding tert-OH is 2. The van der Waals surface area contributed by atoms with Crippen molar-refractivity contribution in [3.63, 3.8) is 0 Å². The summed E-state index contributed by atoms with van der Waals surface area (Å²) in [4.78, 5) is 0. The molecule has 2 rings (SSSR count). The van der Waals surface area contributed by atoms with Crippen LogP contribution in [-0.4, -0.2) is 20.9 Å². The molecule has 0 aliphatic rings. The number of hydrogen-bond acceptors (Lipinski definition) is 4. The number of hydrogen-bond donors (Lipinski definition) is 3. The Balaban J connectivity index is 1.95. The molecular formula is C26H36O4. The second kappa shape index (κ2) is 11.9. The lowest BCUT2D eigenvalue weighted by Crippen LogP contribution is -2.26. The van der Waals surface area contributed by atoms with Crippen molar-refractivity contribution in [1.82, 2.24) is 0 Å². The fraction of sp³-hybridized carbons (Fsp3) is 0.462. The molecule has 30 heavy (non-hydrogen) atoms. The van der Waals surface area contributed by atoms with E-state index in [0.717, 1.165) is 60.1 Å². The molecule has 0 heterocycles. The van der Waals surface area contributed by atoms with E-state index in [2.05, 4.69) is 19.1 Å². The van der Waals surface area contributed by atoms with Crippen molar-refractivity contribution in [2.24, 2.45) is 0 Å². The zero-order valence-electron chi connectivity index (χ0n) is 18.5. The summed E-state index contributed by atoms with van der Waals surface area (Å²) in [5.41, 5.74) is 4.21. The third-order valence-corrected chi connectivity index (χ3v) is 5.92. The lowest BCUT2D eigenvalue weighted by molar-refractivity contribution is 0.0220. The van der Waals surface area contributed by atoms with Crippen LogP contribution in [0.2, 0.25) is 0 Å². The highest BCUT2D eigenvalue weighted by Crippen LogP contribution is 2.25. The topological polar surface area (TPSA) is 69.9 Å². The standard InChI is InChI=1S/C26H36O4/c1-4-26(29,5-2)14-7-6-9-20(3)22-10-8-11-25(16-22)30-19-21-12-13-23(17-27)24(15-21)18-28/h8-13,15-16,27-29H,4-7,14,17-19H2,1-3H3/b20-9-. The predicted molar refractivity (Wildman–Crippen MR) is 122 cm³/mol. The molecule has 2 aromatic rings. The van der Waals surface area contributed by atoms with Crippen molar-refractivity contribution in [1.29, 1.82) is 0 Å². The highest BCUT2D eigenvalue weighted by molar-refractivity contribution is 5.64. The zero-order valence-corrected chi connectivity index (χ0v) is 18.5. The molecule has 0 aliphatic carbocycles. The van der Waals surface area contributed by atoms with Crippen molar-refractivity contribution < 1.29 is 20.1 Å². The summed E-state index contributed by atoms with van der Waals surface area (Å²) in [7, 11) is 0. The summed E-state index contributed by atoms with van der Waals surface area (Å²) >= 11 is 0. The highest BCUT2D eigenvalue weighted by atomic mass is 16.5. The van der Waals surface area contributed by atoms with E-state index in [9.17, 15) is 15.3 Å². The average molecular weight is 413 g/mol. The van der Waals surface area contributed by atoms with Gasteiger partial charge in [0.2, 0.25) is 0 Å². The van der Waals surface area contributed by atoms with Gasteiger partial charge in [-0.2, -0.15) is 0 Å². The molecule has 4 heteroatoms. The lowest BCUT2D eigenvalue weighted by Gasteiger charge is -2.24. The normalized spacial score (nSPS) is 12.3. The highest BCUT2D eigenvalue weighted by Gasteiger charge is 2.20. The van der Waals surface area contributed by atoms with Crippen LogP contribution in [0.3, 0.4) is 0 Å². The smallest absolute Gasteiger partial charge is 0.120 e. The van der Waals surface area contributed by atoms with Crippen molar-refractivity contribution in [3.05, 3.63) is 70.8 Å². The molecule has 164 valence electrons. The fourth-order valence-corrected chi connectivity index (χ4v) is 3.54. The molecule has 0 unspecified atom stereocenters. The van der Waals surface area contributed by atoms with Crippen LogP contribution < -0.4 is 4.74 Å². The van der Waals surface area contributed by atoms with Crippen molar-refractivity contribution >= 4 is 5.57 Å². The van der Waals surface area contributed by atoms with Crippen molar-refractivity contribution in [3.8, 4) is 5.75 Å². The molecule has 0 saturated heterocycles. The Morgan fingerprint density at radius 2 is 1.73 bits per heavy atom. The molecule has 0 saturated carbocycles. The fourth-order valence-electron chi connectivity index (χ4n) is 3.54. The Morgan fingerprint density at radius 3 is 2.40 bits per heavy atom. The van der Waals surface area contributed by atoms with E-state index in [0.29, 0.717) is 6.61 Å². The Hall–Kier alpha value is -2.14. The predicted octanol–water partition coefficient (Wildman–Crippen LogP) is 5.37. The second-order valence-electron chi connectivity index (χ2n) is 7.95. The minimum absolute atomic E-state index is 0.0825. The summed E-state index contributed by atoms with van der Waals surface area (Å²) in [6.07, 6.45) is 6.58. The van der Waals surface area contributed by atoms with Crippen LogP contribution in [0.15, 0.2) is 48.5 Å². The van der Waals surface area contributed by atoms with Gasteiger partial charge in [0.15, 0.2) is 0 Å². The number of aliphatic hydroxyl groups is 3. The van der Waals surface area contributed by atoms with Crippen LogP contribution in [0.5, 0.6) is 5.75 Å². The molecule has 0 amide bonds. The van der Waals surface area contributed by atoms with E-state index in [-0.39, 0.29) is 13.2 Å². The molecule has 0 spiro atoms. The molecule has 3 N–H and O–H groups in total.